The molecule has 0 radical (unpaired) electrons. The van der Waals surface area contributed by atoms with Gasteiger partial charge in [0.25, 0.3) is 0 Å². The number of nitrogens with zero attached hydrogens (tertiary/aromatic N) is 1. The molecule has 2 aromatic rings. The van der Waals surface area contributed by atoms with Crippen LogP contribution in [0.5, 0.6) is 0 Å². The van der Waals surface area contributed by atoms with Crippen LogP contribution in [0.2, 0.25) is 0 Å². The van der Waals surface area contributed by atoms with Crippen molar-refractivity contribution in [2.75, 3.05) is 11.7 Å². The molecule has 3 nitrogen and oxygen atoms in total. The molecule has 0 spiro atoms. The van der Waals surface area contributed by atoms with E-state index in [1.54, 1.807) is 23.1 Å². The SMILES string of the molecule is CSc1ccc(-c2nc(NN)cs2)cc1. The highest BCUT2D eigenvalue weighted by Crippen LogP contribution is 2.27. The molecule has 3 N–H and O–H groups in total. The van der Waals surface area contributed by atoms with Crippen molar-refractivity contribution in [1.29, 1.82) is 0 Å². The van der Waals surface area contributed by atoms with Gasteiger partial charge >= 0.3 is 0 Å². The molecule has 0 saturated carbocycles. The van der Waals surface area contributed by atoms with Crippen molar-refractivity contribution in [3.05, 3.63) is 29.6 Å². The van der Waals surface area contributed by atoms with Crippen molar-refractivity contribution < 1.29 is 0 Å². The molecule has 78 valence electrons. The molecule has 0 amide bonds. The summed E-state index contributed by atoms with van der Waals surface area (Å²) in [4.78, 5) is 5.59. The number of thiazole rings is 1. The van der Waals surface area contributed by atoms with Crippen molar-refractivity contribution in [1.82, 2.24) is 4.98 Å². The largest absolute Gasteiger partial charge is 0.308 e. The van der Waals surface area contributed by atoms with E-state index < -0.39 is 0 Å². The molecule has 15 heavy (non-hydrogen) atoms. The van der Waals surface area contributed by atoms with Gasteiger partial charge in [-0.2, -0.15) is 0 Å². The minimum atomic E-state index is 0.712. The summed E-state index contributed by atoms with van der Waals surface area (Å²) in [7, 11) is 0. The highest BCUT2D eigenvalue weighted by Gasteiger charge is 2.03. The van der Waals surface area contributed by atoms with Crippen molar-refractivity contribution in [2.45, 2.75) is 4.90 Å². The van der Waals surface area contributed by atoms with Crippen molar-refractivity contribution in [3.63, 3.8) is 0 Å². The summed E-state index contributed by atoms with van der Waals surface area (Å²) < 4.78 is 0. The van der Waals surface area contributed by atoms with Gasteiger partial charge in [0.1, 0.15) is 5.01 Å². The summed E-state index contributed by atoms with van der Waals surface area (Å²) in [6, 6.07) is 8.34. The number of nitrogens with two attached hydrogens (primary N) is 1. The predicted octanol–water partition coefficient (Wildman–Crippen LogP) is 2.82. The Hall–Kier alpha value is -1.04. The van der Waals surface area contributed by atoms with Crippen LogP contribution in [0.4, 0.5) is 5.82 Å². The number of nitrogens with one attached hydrogen (secondary N) is 1. The zero-order valence-corrected chi connectivity index (χ0v) is 9.86. The molecule has 1 aromatic carbocycles. The van der Waals surface area contributed by atoms with Crippen molar-refractivity contribution in [2.24, 2.45) is 5.84 Å². The second kappa shape index (κ2) is 4.65. The normalized spacial score (nSPS) is 10.3. The molecule has 5 heteroatoms. The minimum Gasteiger partial charge on any atom is -0.308 e. The average Bonchev–Trinajstić information content (AvgIpc) is 2.78. The fourth-order valence-corrected chi connectivity index (χ4v) is 2.38. The van der Waals surface area contributed by atoms with Crippen LogP contribution >= 0.6 is 23.1 Å². The molecule has 0 bridgehead atoms. The maximum atomic E-state index is 5.28. The first-order valence-electron chi connectivity index (χ1n) is 4.40. The van der Waals surface area contributed by atoms with Crippen LogP contribution in [0.25, 0.3) is 10.6 Å². The van der Waals surface area contributed by atoms with Crippen LogP contribution in [0.15, 0.2) is 34.5 Å². The van der Waals surface area contributed by atoms with Crippen LogP contribution in [-0.4, -0.2) is 11.2 Å². The van der Waals surface area contributed by atoms with E-state index in [-0.39, 0.29) is 0 Å². The second-order valence-corrected chi connectivity index (χ2v) is 4.65. The van der Waals surface area contributed by atoms with Gasteiger partial charge < -0.3 is 5.43 Å². The number of hydrazine groups is 1. The Bertz CT molecular complexity index is 436. The molecule has 2 rings (SSSR count). The molecule has 0 fully saturated rings. The number of aromatic nitrogens is 1. The zero-order valence-electron chi connectivity index (χ0n) is 8.23. The van der Waals surface area contributed by atoms with Gasteiger partial charge in [0.15, 0.2) is 5.82 Å². The van der Waals surface area contributed by atoms with Crippen LogP contribution < -0.4 is 11.3 Å². The van der Waals surface area contributed by atoms with Gasteiger partial charge in [-0.25, -0.2) is 10.8 Å². The van der Waals surface area contributed by atoms with Gasteiger partial charge in [-0.05, 0) is 18.4 Å². The van der Waals surface area contributed by atoms with E-state index in [1.807, 2.05) is 5.38 Å². The summed E-state index contributed by atoms with van der Waals surface area (Å²) in [5.41, 5.74) is 3.66. The molecular weight excluding hydrogens is 226 g/mol. The van der Waals surface area contributed by atoms with E-state index in [9.17, 15) is 0 Å². The van der Waals surface area contributed by atoms with Crippen LogP contribution in [0, 0.1) is 0 Å². The van der Waals surface area contributed by atoms with Crippen molar-refractivity contribution in [3.8, 4) is 10.6 Å². The molecule has 1 aromatic heterocycles. The van der Waals surface area contributed by atoms with Crippen LogP contribution in [0.3, 0.4) is 0 Å². The molecule has 1 heterocycles. The summed E-state index contributed by atoms with van der Waals surface area (Å²) in [6.07, 6.45) is 2.06. The van der Waals surface area contributed by atoms with Crippen LogP contribution in [0.1, 0.15) is 0 Å². The van der Waals surface area contributed by atoms with E-state index in [0.29, 0.717) is 5.82 Å². The Morgan fingerprint density at radius 1 is 1.33 bits per heavy atom. The maximum Gasteiger partial charge on any atom is 0.151 e. The predicted molar refractivity (Wildman–Crippen MR) is 67.1 cm³/mol. The molecule has 0 unspecified atom stereocenters. The molecule has 0 aliphatic carbocycles. The first kappa shape index (κ1) is 10.5. The quantitative estimate of drug-likeness (QED) is 0.489. The fourth-order valence-electron chi connectivity index (χ4n) is 1.21. The van der Waals surface area contributed by atoms with E-state index >= 15 is 0 Å². The monoisotopic (exact) mass is 237 g/mol. The van der Waals surface area contributed by atoms with Gasteiger partial charge in [-0.1, -0.05) is 12.1 Å². The van der Waals surface area contributed by atoms with Crippen molar-refractivity contribution >= 4 is 28.9 Å². The molecule has 0 saturated heterocycles. The number of hydrogen-bond donors (Lipinski definition) is 2. The standard InChI is InChI=1S/C10H11N3S2/c1-14-8-4-2-7(3-5-8)10-12-9(13-11)6-15-10/h2-6,13H,11H2,1H3. The lowest BCUT2D eigenvalue weighted by atomic mass is 10.2. The average molecular weight is 237 g/mol. The highest BCUT2D eigenvalue weighted by molar-refractivity contribution is 7.98. The third-order valence-electron chi connectivity index (χ3n) is 1.99. The van der Waals surface area contributed by atoms with E-state index in [2.05, 4.69) is 40.9 Å². The lowest BCUT2D eigenvalue weighted by molar-refractivity contribution is 1.27. The third kappa shape index (κ3) is 2.31. The molecule has 0 aliphatic heterocycles. The third-order valence-corrected chi connectivity index (χ3v) is 3.62. The van der Waals surface area contributed by atoms with Gasteiger partial charge in [-0.15, -0.1) is 23.1 Å². The zero-order chi connectivity index (χ0) is 10.7. The van der Waals surface area contributed by atoms with E-state index in [1.165, 1.54) is 4.90 Å². The topological polar surface area (TPSA) is 50.9 Å². The second-order valence-electron chi connectivity index (χ2n) is 2.91. The van der Waals surface area contributed by atoms with Crippen LogP contribution in [-0.2, 0) is 0 Å². The Labute approximate surface area is 96.7 Å². The summed E-state index contributed by atoms with van der Waals surface area (Å²) in [5.74, 6) is 5.99. The number of benzene rings is 1. The molecule has 0 atom stereocenters. The molecular formula is C10H11N3S2. The Morgan fingerprint density at radius 2 is 2.07 bits per heavy atom. The summed E-state index contributed by atoms with van der Waals surface area (Å²) in [6.45, 7) is 0. The number of hydrogen-bond acceptors (Lipinski definition) is 5. The first-order valence-corrected chi connectivity index (χ1v) is 6.50. The fraction of sp³-hybridized carbons (Fsp3) is 0.100. The lowest BCUT2D eigenvalue weighted by Crippen LogP contribution is -2.06. The van der Waals surface area contributed by atoms with Gasteiger partial charge in [0.2, 0.25) is 0 Å². The number of nitrogen functional groups attached to an aromatic ring is 1. The van der Waals surface area contributed by atoms with E-state index in [0.717, 1.165) is 10.6 Å². The number of rotatable bonds is 3. The first-order chi connectivity index (χ1) is 7.33. The van der Waals surface area contributed by atoms with Gasteiger partial charge in [0.05, 0.1) is 0 Å². The Morgan fingerprint density at radius 3 is 2.60 bits per heavy atom. The molecule has 0 aliphatic rings. The number of thioether (sulfide) groups is 1. The number of anilines is 1. The lowest BCUT2D eigenvalue weighted by Gasteiger charge is -1.98. The smallest absolute Gasteiger partial charge is 0.151 e. The summed E-state index contributed by atoms with van der Waals surface area (Å²) in [5, 5.41) is 2.88. The minimum absolute atomic E-state index is 0.712. The van der Waals surface area contributed by atoms with E-state index in [4.69, 9.17) is 5.84 Å². The maximum absolute atomic E-state index is 5.28. The summed E-state index contributed by atoms with van der Waals surface area (Å²) >= 11 is 3.31. The van der Waals surface area contributed by atoms with Gasteiger partial charge in [-0.3, -0.25) is 0 Å². The van der Waals surface area contributed by atoms with Gasteiger partial charge in [0, 0.05) is 15.8 Å². The highest BCUT2D eigenvalue weighted by atomic mass is 32.2. The Balaban J connectivity index is 2.28. The Kier molecular flexibility index (Phi) is 3.25.